The summed E-state index contributed by atoms with van der Waals surface area (Å²) in [5.74, 6) is -0.959. The van der Waals surface area contributed by atoms with Gasteiger partial charge in [-0.25, -0.2) is 4.79 Å². The van der Waals surface area contributed by atoms with Crippen molar-refractivity contribution in [2.75, 3.05) is 7.11 Å². The maximum absolute atomic E-state index is 12.2. The van der Waals surface area contributed by atoms with Crippen molar-refractivity contribution >= 4 is 17.6 Å². The number of nitrogens with zero attached hydrogens (tertiary/aromatic N) is 1. The van der Waals surface area contributed by atoms with Crippen molar-refractivity contribution in [3.63, 3.8) is 0 Å². The van der Waals surface area contributed by atoms with Gasteiger partial charge >= 0.3 is 5.97 Å². The van der Waals surface area contributed by atoms with Crippen LogP contribution in [-0.4, -0.2) is 30.0 Å². The van der Waals surface area contributed by atoms with Crippen LogP contribution in [0.25, 0.3) is 0 Å². The fourth-order valence-corrected chi connectivity index (χ4v) is 2.59. The van der Waals surface area contributed by atoms with Crippen LogP contribution in [0.4, 0.5) is 5.69 Å². The summed E-state index contributed by atoms with van der Waals surface area (Å²) in [6.07, 6.45) is 0.724. The molecule has 0 bridgehead atoms. The number of hydrogen-bond donors (Lipinski definition) is 1. The van der Waals surface area contributed by atoms with E-state index in [2.05, 4.69) is 5.32 Å². The van der Waals surface area contributed by atoms with E-state index in [9.17, 15) is 19.7 Å². The van der Waals surface area contributed by atoms with Gasteiger partial charge in [0.15, 0.2) is 0 Å². The minimum atomic E-state index is -0.982. The Labute approximate surface area is 151 Å². The van der Waals surface area contributed by atoms with Gasteiger partial charge in [-0.05, 0) is 12.0 Å². The third-order valence-electron chi connectivity index (χ3n) is 3.92. The number of hydrogen-bond acceptors (Lipinski definition) is 5. The molecule has 0 aromatic heterocycles. The molecular formula is C19H20N2O5. The molecule has 1 N–H and O–H groups in total. The van der Waals surface area contributed by atoms with E-state index >= 15 is 0 Å². The second-order valence-electron chi connectivity index (χ2n) is 5.72. The second-order valence-corrected chi connectivity index (χ2v) is 5.72. The average molecular weight is 356 g/mol. The first kappa shape index (κ1) is 19.1. The van der Waals surface area contributed by atoms with Gasteiger partial charge in [-0.3, -0.25) is 14.9 Å². The topological polar surface area (TPSA) is 98.5 Å². The fraction of sp³-hybridized carbons (Fsp3) is 0.263. The molecule has 1 amide bonds. The minimum absolute atomic E-state index is 0.0130. The maximum atomic E-state index is 12.2. The van der Waals surface area contributed by atoms with Crippen LogP contribution in [0.15, 0.2) is 54.6 Å². The summed E-state index contributed by atoms with van der Waals surface area (Å²) in [5.41, 5.74) is 1.27. The lowest BCUT2D eigenvalue weighted by atomic mass is 10.0. The number of rotatable bonds is 8. The lowest BCUT2D eigenvalue weighted by molar-refractivity contribution is -0.385. The number of para-hydroxylation sites is 1. The number of carbonyl (C=O) groups excluding carboxylic acids is 2. The number of ether oxygens (including phenoxy) is 1. The zero-order valence-electron chi connectivity index (χ0n) is 14.4. The average Bonchev–Trinajstić information content (AvgIpc) is 2.66. The Kier molecular flexibility index (Phi) is 6.84. The van der Waals surface area contributed by atoms with E-state index in [0.717, 1.165) is 5.56 Å². The lowest BCUT2D eigenvalue weighted by Gasteiger charge is -2.16. The van der Waals surface area contributed by atoms with E-state index in [1.165, 1.54) is 13.2 Å². The number of nitrogens with one attached hydrogen (secondary N) is 1. The van der Waals surface area contributed by atoms with E-state index in [0.29, 0.717) is 12.0 Å². The van der Waals surface area contributed by atoms with Crippen molar-refractivity contribution in [1.29, 1.82) is 0 Å². The van der Waals surface area contributed by atoms with Crippen LogP contribution in [0.5, 0.6) is 0 Å². The van der Waals surface area contributed by atoms with Crippen LogP contribution < -0.4 is 5.32 Å². The SMILES string of the molecule is COC(=O)[C@@H](Cc1ccccc1[N+](=O)[O-])NC(=O)CCc1ccccc1. The molecule has 0 saturated heterocycles. The predicted octanol–water partition coefficient (Wildman–Crippen LogP) is 2.43. The van der Waals surface area contributed by atoms with Crippen molar-refractivity contribution in [1.82, 2.24) is 5.32 Å². The molecule has 0 spiro atoms. The number of methoxy groups -OCH3 is 1. The van der Waals surface area contributed by atoms with Gasteiger partial charge in [0.05, 0.1) is 12.0 Å². The highest BCUT2D eigenvalue weighted by molar-refractivity contribution is 5.84. The third-order valence-corrected chi connectivity index (χ3v) is 3.92. The Morgan fingerprint density at radius 3 is 2.42 bits per heavy atom. The summed E-state index contributed by atoms with van der Waals surface area (Å²) >= 11 is 0. The van der Waals surface area contributed by atoms with Gasteiger partial charge in [-0.1, -0.05) is 48.5 Å². The molecule has 7 nitrogen and oxygen atoms in total. The smallest absolute Gasteiger partial charge is 0.328 e. The molecule has 136 valence electrons. The number of carbonyl (C=O) groups is 2. The highest BCUT2D eigenvalue weighted by Crippen LogP contribution is 2.19. The van der Waals surface area contributed by atoms with E-state index in [1.807, 2.05) is 30.3 Å². The Hall–Kier alpha value is -3.22. The van der Waals surface area contributed by atoms with E-state index in [4.69, 9.17) is 4.74 Å². The van der Waals surface area contributed by atoms with Gasteiger partial charge in [0.1, 0.15) is 6.04 Å². The first-order valence-electron chi connectivity index (χ1n) is 8.14. The van der Waals surface area contributed by atoms with E-state index in [1.54, 1.807) is 18.2 Å². The normalized spacial score (nSPS) is 11.4. The predicted molar refractivity (Wildman–Crippen MR) is 95.5 cm³/mol. The number of nitro groups is 1. The van der Waals surface area contributed by atoms with Gasteiger partial charge in [-0.15, -0.1) is 0 Å². The quantitative estimate of drug-likeness (QED) is 0.445. The van der Waals surface area contributed by atoms with Crippen LogP contribution in [0.3, 0.4) is 0 Å². The molecule has 0 heterocycles. The zero-order valence-corrected chi connectivity index (χ0v) is 14.4. The van der Waals surface area contributed by atoms with Gasteiger partial charge in [0.2, 0.25) is 5.91 Å². The number of benzene rings is 2. The molecule has 0 saturated carbocycles. The molecule has 2 aromatic carbocycles. The molecule has 2 rings (SSSR count). The lowest BCUT2D eigenvalue weighted by Crippen LogP contribution is -2.43. The van der Waals surface area contributed by atoms with Crippen molar-refractivity contribution in [3.8, 4) is 0 Å². The molecule has 0 aliphatic rings. The Balaban J connectivity index is 2.04. The number of esters is 1. The van der Waals surface area contributed by atoms with Crippen LogP contribution in [0.1, 0.15) is 17.5 Å². The summed E-state index contributed by atoms with van der Waals surface area (Å²) in [4.78, 5) is 34.8. The van der Waals surface area contributed by atoms with Gasteiger partial charge in [0.25, 0.3) is 5.69 Å². The Morgan fingerprint density at radius 2 is 1.77 bits per heavy atom. The fourth-order valence-electron chi connectivity index (χ4n) is 2.59. The summed E-state index contributed by atoms with van der Waals surface area (Å²) in [5, 5.41) is 13.7. The van der Waals surface area contributed by atoms with Crippen molar-refractivity contribution in [2.24, 2.45) is 0 Å². The summed E-state index contributed by atoms with van der Waals surface area (Å²) < 4.78 is 4.73. The van der Waals surface area contributed by atoms with Crippen LogP contribution in [0, 0.1) is 10.1 Å². The maximum Gasteiger partial charge on any atom is 0.328 e. The van der Waals surface area contributed by atoms with Gasteiger partial charge in [0, 0.05) is 24.5 Å². The summed E-state index contributed by atoms with van der Waals surface area (Å²) in [6.45, 7) is 0. The van der Waals surface area contributed by atoms with Crippen molar-refractivity contribution < 1.29 is 19.2 Å². The van der Waals surface area contributed by atoms with Gasteiger partial charge < -0.3 is 10.1 Å². The molecule has 0 unspecified atom stereocenters. The van der Waals surface area contributed by atoms with Crippen LogP contribution >= 0.6 is 0 Å². The standard InChI is InChI=1S/C19H20N2O5/c1-26-19(23)16(13-15-9-5-6-10-17(15)21(24)25)20-18(22)12-11-14-7-3-2-4-8-14/h2-10,16H,11-13H2,1H3,(H,20,22)/t16-/m1/s1. The molecular weight excluding hydrogens is 336 g/mol. The molecule has 0 aliphatic heterocycles. The molecule has 2 aromatic rings. The molecule has 1 atom stereocenters. The van der Waals surface area contributed by atoms with Crippen molar-refractivity contribution in [2.45, 2.75) is 25.3 Å². The Morgan fingerprint density at radius 1 is 1.12 bits per heavy atom. The highest BCUT2D eigenvalue weighted by atomic mass is 16.6. The first-order chi connectivity index (χ1) is 12.5. The largest absolute Gasteiger partial charge is 0.467 e. The van der Waals surface area contributed by atoms with Crippen molar-refractivity contribution in [3.05, 3.63) is 75.8 Å². The zero-order chi connectivity index (χ0) is 18.9. The Bertz CT molecular complexity index is 777. The van der Waals surface area contributed by atoms with Gasteiger partial charge in [-0.2, -0.15) is 0 Å². The first-order valence-corrected chi connectivity index (χ1v) is 8.14. The molecule has 0 radical (unpaired) electrons. The molecule has 26 heavy (non-hydrogen) atoms. The number of aryl methyl sites for hydroxylation is 1. The number of nitro benzene ring substituents is 1. The number of amides is 1. The van der Waals surface area contributed by atoms with Crippen LogP contribution in [-0.2, 0) is 27.2 Å². The monoisotopic (exact) mass is 356 g/mol. The van der Waals surface area contributed by atoms with E-state index < -0.39 is 16.9 Å². The van der Waals surface area contributed by atoms with E-state index in [-0.39, 0.29) is 24.4 Å². The summed E-state index contributed by atoms with van der Waals surface area (Å²) in [7, 11) is 1.21. The second kappa shape index (κ2) is 9.31. The highest BCUT2D eigenvalue weighted by Gasteiger charge is 2.25. The molecule has 0 aliphatic carbocycles. The minimum Gasteiger partial charge on any atom is -0.467 e. The molecule has 7 heteroatoms. The molecule has 0 fully saturated rings. The third kappa shape index (κ3) is 5.41. The summed E-state index contributed by atoms with van der Waals surface area (Å²) in [6, 6.07) is 14.6. The van der Waals surface area contributed by atoms with Crippen LogP contribution in [0.2, 0.25) is 0 Å².